The molecule has 1 aromatic heterocycles. The maximum atomic E-state index is 11.9. The van der Waals surface area contributed by atoms with Gasteiger partial charge in [0.2, 0.25) is 5.91 Å². The van der Waals surface area contributed by atoms with Gasteiger partial charge in [0.25, 0.3) is 0 Å². The van der Waals surface area contributed by atoms with E-state index in [1.807, 2.05) is 18.5 Å². The summed E-state index contributed by atoms with van der Waals surface area (Å²) in [7, 11) is 1.90. The number of hydrogen-bond acceptors (Lipinski definition) is 3. The molecule has 0 unspecified atom stereocenters. The van der Waals surface area contributed by atoms with E-state index in [1.165, 1.54) is 16.7 Å². The van der Waals surface area contributed by atoms with Gasteiger partial charge in [-0.25, -0.2) is 0 Å². The molecule has 0 spiro atoms. The molecule has 0 aliphatic rings. The smallest absolute Gasteiger partial charge is 0.220 e. The molecule has 112 valence electrons. The molecule has 0 fully saturated rings. The Labute approximate surface area is 125 Å². The lowest BCUT2D eigenvalue weighted by Crippen LogP contribution is -2.24. The second-order valence-electron chi connectivity index (χ2n) is 5.43. The Morgan fingerprint density at radius 2 is 2.00 bits per heavy atom. The van der Waals surface area contributed by atoms with E-state index in [1.54, 1.807) is 0 Å². The number of nitrogens with zero attached hydrogens (tertiary/aromatic N) is 3. The Morgan fingerprint density at radius 1 is 1.24 bits per heavy atom. The highest BCUT2D eigenvalue weighted by atomic mass is 16.1. The quantitative estimate of drug-likeness (QED) is 0.914. The van der Waals surface area contributed by atoms with Crippen molar-refractivity contribution in [1.82, 2.24) is 20.1 Å². The molecular formula is C16H22N4O. The Bertz CT molecular complexity index is 646. The number of nitrogens with one attached hydrogen (secondary N) is 1. The van der Waals surface area contributed by atoms with E-state index in [4.69, 9.17) is 0 Å². The minimum absolute atomic E-state index is 0.0376. The van der Waals surface area contributed by atoms with Gasteiger partial charge in [0.15, 0.2) is 5.82 Å². The number of carbonyl (C=O) groups excluding carboxylic acids is 1. The van der Waals surface area contributed by atoms with Gasteiger partial charge in [-0.2, -0.15) is 0 Å². The Balaban J connectivity index is 1.83. The third-order valence-electron chi connectivity index (χ3n) is 3.75. The molecule has 1 heterocycles. The normalized spacial score (nSPS) is 10.7. The lowest BCUT2D eigenvalue weighted by molar-refractivity contribution is -0.121. The molecule has 1 amide bonds. The van der Waals surface area contributed by atoms with Gasteiger partial charge in [-0.05, 0) is 38.3 Å². The van der Waals surface area contributed by atoms with Crippen molar-refractivity contribution in [2.24, 2.45) is 7.05 Å². The van der Waals surface area contributed by atoms with Crippen molar-refractivity contribution in [2.75, 3.05) is 0 Å². The molecule has 0 bridgehead atoms. The summed E-state index contributed by atoms with van der Waals surface area (Å²) in [5.41, 5.74) is 3.72. The first-order chi connectivity index (χ1) is 9.97. The van der Waals surface area contributed by atoms with Crippen molar-refractivity contribution >= 4 is 5.91 Å². The van der Waals surface area contributed by atoms with Gasteiger partial charge in [-0.3, -0.25) is 4.79 Å². The first kappa shape index (κ1) is 15.2. The predicted octanol–water partition coefficient (Wildman–Crippen LogP) is 1.99. The average molecular weight is 286 g/mol. The highest BCUT2D eigenvalue weighted by molar-refractivity contribution is 5.76. The summed E-state index contributed by atoms with van der Waals surface area (Å²) in [5, 5.41) is 10.9. The standard InChI is InChI=1S/C16H22N4O/c1-11-5-6-14(12(2)9-11)7-8-16(21)17-10-15-19-18-13(3)20(15)4/h5-6,9H,7-8,10H2,1-4H3,(H,17,21). The number of aromatic nitrogens is 3. The van der Waals surface area contributed by atoms with Crippen molar-refractivity contribution in [3.05, 3.63) is 46.5 Å². The predicted molar refractivity (Wildman–Crippen MR) is 81.8 cm³/mol. The van der Waals surface area contributed by atoms with Crippen LogP contribution in [0.15, 0.2) is 18.2 Å². The molecule has 1 aromatic carbocycles. The maximum Gasteiger partial charge on any atom is 0.220 e. The lowest BCUT2D eigenvalue weighted by Gasteiger charge is -2.08. The fourth-order valence-electron chi connectivity index (χ4n) is 2.25. The van der Waals surface area contributed by atoms with Crippen molar-refractivity contribution in [2.45, 2.75) is 40.2 Å². The first-order valence-electron chi connectivity index (χ1n) is 7.15. The van der Waals surface area contributed by atoms with Crippen LogP contribution in [0.4, 0.5) is 0 Å². The summed E-state index contributed by atoms with van der Waals surface area (Å²) in [6, 6.07) is 6.34. The molecule has 5 heteroatoms. The van der Waals surface area contributed by atoms with Gasteiger partial charge < -0.3 is 9.88 Å². The van der Waals surface area contributed by atoms with Crippen LogP contribution >= 0.6 is 0 Å². The van der Waals surface area contributed by atoms with Gasteiger partial charge in [0, 0.05) is 13.5 Å². The van der Waals surface area contributed by atoms with Crippen LogP contribution in [0.1, 0.15) is 34.8 Å². The second-order valence-corrected chi connectivity index (χ2v) is 5.43. The summed E-state index contributed by atoms with van der Waals surface area (Å²) in [6.45, 7) is 6.47. The molecule has 0 aliphatic heterocycles. The molecule has 0 atom stereocenters. The fraction of sp³-hybridized carbons (Fsp3) is 0.438. The maximum absolute atomic E-state index is 11.9. The van der Waals surface area contributed by atoms with Crippen LogP contribution < -0.4 is 5.32 Å². The topological polar surface area (TPSA) is 59.8 Å². The molecular weight excluding hydrogens is 264 g/mol. The number of aryl methyl sites for hydroxylation is 4. The minimum atomic E-state index is 0.0376. The molecule has 5 nitrogen and oxygen atoms in total. The van der Waals surface area contributed by atoms with Crippen LogP contribution in [0.5, 0.6) is 0 Å². The van der Waals surface area contributed by atoms with Crippen LogP contribution in [0, 0.1) is 20.8 Å². The summed E-state index contributed by atoms with van der Waals surface area (Å²) in [6.07, 6.45) is 1.25. The first-order valence-corrected chi connectivity index (χ1v) is 7.15. The lowest BCUT2D eigenvalue weighted by atomic mass is 10.0. The highest BCUT2D eigenvalue weighted by Crippen LogP contribution is 2.12. The third kappa shape index (κ3) is 3.90. The van der Waals surface area contributed by atoms with E-state index >= 15 is 0 Å². The fourth-order valence-corrected chi connectivity index (χ4v) is 2.25. The zero-order valence-corrected chi connectivity index (χ0v) is 13.1. The summed E-state index contributed by atoms with van der Waals surface area (Å²) in [5.74, 6) is 1.65. The van der Waals surface area contributed by atoms with Crippen molar-refractivity contribution < 1.29 is 4.79 Å². The average Bonchev–Trinajstić information content (AvgIpc) is 2.75. The molecule has 1 N–H and O–H groups in total. The largest absolute Gasteiger partial charge is 0.349 e. The second kappa shape index (κ2) is 6.52. The number of hydrogen-bond donors (Lipinski definition) is 1. The number of rotatable bonds is 5. The molecule has 2 aromatic rings. The molecule has 0 radical (unpaired) electrons. The van der Waals surface area contributed by atoms with Crippen molar-refractivity contribution in [3.8, 4) is 0 Å². The van der Waals surface area contributed by atoms with Gasteiger partial charge in [0.05, 0.1) is 6.54 Å². The zero-order valence-electron chi connectivity index (χ0n) is 13.1. The van der Waals surface area contributed by atoms with E-state index in [0.717, 1.165) is 18.1 Å². The van der Waals surface area contributed by atoms with Crippen LogP contribution in [0.2, 0.25) is 0 Å². The summed E-state index contributed by atoms with van der Waals surface area (Å²) >= 11 is 0. The highest BCUT2D eigenvalue weighted by Gasteiger charge is 2.08. The molecule has 0 aliphatic carbocycles. The Kier molecular flexibility index (Phi) is 4.73. The third-order valence-corrected chi connectivity index (χ3v) is 3.75. The SMILES string of the molecule is Cc1ccc(CCC(=O)NCc2nnc(C)n2C)c(C)c1. The Hall–Kier alpha value is -2.17. The van der Waals surface area contributed by atoms with Crippen molar-refractivity contribution in [1.29, 1.82) is 0 Å². The van der Waals surface area contributed by atoms with Gasteiger partial charge in [-0.15, -0.1) is 10.2 Å². The van der Waals surface area contributed by atoms with E-state index in [-0.39, 0.29) is 5.91 Å². The van der Waals surface area contributed by atoms with Crippen LogP contribution in [-0.2, 0) is 24.8 Å². The van der Waals surface area contributed by atoms with E-state index in [0.29, 0.717) is 13.0 Å². The molecule has 2 rings (SSSR count). The zero-order chi connectivity index (χ0) is 15.4. The summed E-state index contributed by atoms with van der Waals surface area (Å²) in [4.78, 5) is 11.9. The van der Waals surface area contributed by atoms with E-state index in [9.17, 15) is 4.79 Å². The van der Waals surface area contributed by atoms with Crippen LogP contribution in [0.3, 0.4) is 0 Å². The van der Waals surface area contributed by atoms with Gasteiger partial charge >= 0.3 is 0 Å². The summed E-state index contributed by atoms with van der Waals surface area (Å²) < 4.78 is 1.88. The monoisotopic (exact) mass is 286 g/mol. The molecule has 0 saturated heterocycles. The molecule has 21 heavy (non-hydrogen) atoms. The van der Waals surface area contributed by atoms with E-state index in [2.05, 4.69) is 47.6 Å². The number of carbonyl (C=O) groups is 1. The Morgan fingerprint density at radius 3 is 2.62 bits per heavy atom. The van der Waals surface area contributed by atoms with Gasteiger partial charge in [-0.1, -0.05) is 23.8 Å². The van der Waals surface area contributed by atoms with Gasteiger partial charge in [0.1, 0.15) is 5.82 Å². The van der Waals surface area contributed by atoms with Crippen LogP contribution in [0.25, 0.3) is 0 Å². The van der Waals surface area contributed by atoms with Crippen LogP contribution in [-0.4, -0.2) is 20.7 Å². The van der Waals surface area contributed by atoms with E-state index < -0.39 is 0 Å². The minimum Gasteiger partial charge on any atom is -0.349 e. The number of amides is 1. The number of benzene rings is 1. The molecule has 0 saturated carbocycles. The van der Waals surface area contributed by atoms with Crippen molar-refractivity contribution in [3.63, 3.8) is 0 Å².